The molecule has 2 aromatic carbocycles. The van der Waals surface area contributed by atoms with E-state index in [1.165, 1.54) is 18.2 Å². The number of halogens is 2. The molecule has 2 N–H and O–H groups in total. The molecule has 4 aromatic heterocycles. The average molecular weight is 482 g/mol. The van der Waals surface area contributed by atoms with Gasteiger partial charge in [0.1, 0.15) is 22.8 Å². The zero-order valence-electron chi connectivity index (χ0n) is 19.5. The number of pyridine rings is 2. The highest BCUT2D eigenvalue weighted by atomic mass is 19.1. The van der Waals surface area contributed by atoms with Crippen LogP contribution in [-0.4, -0.2) is 49.1 Å². The van der Waals surface area contributed by atoms with E-state index in [0.717, 1.165) is 11.1 Å². The number of aromatic amines is 2. The molecule has 0 fully saturated rings. The van der Waals surface area contributed by atoms with E-state index in [4.69, 9.17) is 4.98 Å². The number of H-pyrrole nitrogens is 2. The Morgan fingerprint density at radius 2 is 1.83 bits per heavy atom. The highest BCUT2D eigenvalue weighted by molar-refractivity contribution is 5.97. The quantitative estimate of drug-likeness (QED) is 0.336. The Balaban J connectivity index is 1.48. The largest absolute Gasteiger partial charge is 0.321 e. The summed E-state index contributed by atoms with van der Waals surface area (Å²) in [5, 5.41) is 8.02. The fraction of sp³-hybridized carbons (Fsp3) is 0.111. The Morgan fingerprint density at radius 3 is 2.67 bits per heavy atom. The number of aromatic nitrogens is 6. The molecule has 0 saturated carbocycles. The molecule has 36 heavy (non-hydrogen) atoms. The molecule has 6 aromatic rings. The molecule has 0 saturated heterocycles. The maximum atomic E-state index is 15.1. The summed E-state index contributed by atoms with van der Waals surface area (Å²) < 4.78 is 29.0. The van der Waals surface area contributed by atoms with E-state index in [1.54, 1.807) is 36.8 Å². The Labute approximate surface area is 204 Å². The number of rotatable bonds is 5. The summed E-state index contributed by atoms with van der Waals surface area (Å²) in [4.78, 5) is 18.7. The van der Waals surface area contributed by atoms with Crippen LogP contribution in [0.25, 0.3) is 55.8 Å². The van der Waals surface area contributed by atoms with Crippen molar-refractivity contribution < 1.29 is 8.78 Å². The van der Waals surface area contributed by atoms with Gasteiger partial charge in [0.2, 0.25) is 0 Å². The van der Waals surface area contributed by atoms with Crippen LogP contribution in [0, 0.1) is 11.6 Å². The SMILES string of the molecule is CN(C)Cc1cncc(-c2cc3c(-c4nc5c(-c6cccc(F)c6)ccnc5[nH]4)n[nH]c3cc2F)c1. The first-order chi connectivity index (χ1) is 17.5. The summed E-state index contributed by atoms with van der Waals surface area (Å²) in [6, 6.07) is 13.3. The van der Waals surface area contributed by atoms with Crippen molar-refractivity contribution in [3.63, 3.8) is 0 Å². The lowest BCUT2D eigenvalue weighted by molar-refractivity contribution is 0.402. The number of hydrogen-bond donors (Lipinski definition) is 2. The summed E-state index contributed by atoms with van der Waals surface area (Å²) in [7, 11) is 3.94. The van der Waals surface area contributed by atoms with Crippen molar-refractivity contribution in [3.05, 3.63) is 84.3 Å². The summed E-state index contributed by atoms with van der Waals surface area (Å²) in [6.45, 7) is 0.696. The molecule has 0 atom stereocenters. The van der Waals surface area contributed by atoms with Crippen molar-refractivity contribution >= 4 is 22.1 Å². The van der Waals surface area contributed by atoms with Crippen LogP contribution in [0.3, 0.4) is 0 Å². The smallest absolute Gasteiger partial charge is 0.160 e. The lowest BCUT2D eigenvalue weighted by Gasteiger charge is -2.11. The van der Waals surface area contributed by atoms with Gasteiger partial charge < -0.3 is 9.88 Å². The second kappa shape index (κ2) is 8.62. The Hall–Kier alpha value is -4.50. The van der Waals surface area contributed by atoms with E-state index < -0.39 is 0 Å². The fourth-order valence-electron chi connectivity index (χ4n) is 4.44. The first kappa shape index (κ1) is 22.0. The minimum absolute atomic E-state index is 0.329. The van der Waals surface area contributed by atoms with Crippen molar-refractivity contribution in [2.75, 3.05) is 14.1 Å². The van der Waals surface area contributed by atoms with Crippen LogP contribution in [0.4, 0.5) is 8.78 Å². The molecule has 0 spiro atoms. The van der Waals surface area contributed by atoms with Crippen LogP contribution in [0.2, 0.25) is 0 Å². The standard InChI is InChI=1S/C27H21F2N7/c1-36(2)14-15-8-17(13-30-12-15)20-10-21-23(11-22(20)29)34-35-25(21)27-32-24-19(6-7-31-26(24)33-27)16-4-3-5-18(28)9-16/h3-13H,14H2,1-2H3,(H,34,35)(H,31,32,33). The molecule has 0 radical (unpaired) electrons. The van der Waals surface area contributed by atoms with Crippen molar-refractivity contribution in [2.24, 2.45) is 0 Å². The van der Waals surface area contributed by atoms with Crippen LogP contribution in [0.1, 0.15) is 5.56 Å². The minimum atomic E-state index is -0.374. The topological polar surface area (TPSA) is 86.4 Å². The van der Waals surface area contributed by atoms with Crippen LogP contribution in [0.15, 0.2) is 67.1 Å². The number of imidazole rings is 1. The van der Waals surface area contributed by atoms with E-state index in [9.17, 15) is 4.39 Å². The first-order valence-electron chi connectivity index (χ1n) is 11.3. The van der Waals surface area contributed by atoms with Crippen molar-refractivity contribution in [1.82, 2.24) is 35.0 Å². The van der Waals surface area contributed by atoms with Gasteiger partial charge in [0, 0.05) is 53.3 Å². The molecule has 7 nitrogen and oxygen atoms in total. The number of nitrogens with zero attached hydrogens (tertiary/aromatic N) is 5. The molecule has 0 aliphatic carbocycles. The predicted molar refractivity (Wildman–Crippen MR) is 135 cm³/mol. The van der Waals surface area contributed by atoms with Gasteiger partial charge in [0.05, 0.1) is 5.52 Å². The molecular formula is C27H21F2N7. The van der Waals surface area contributed by atoms with Gasteiger partial charge in [-0.2, -0.15) is 5.10 Å². The Bertz CT molecular complexity index is 1740. The number of benzene rings is 2. The highest BCUT2D eigenvalue weighted by Crippen LogP contribution is 2.34. The van der Waals surface area contributed by atoms with Gasteiger partial charge in [-0.1, -0.05) is 12.1 Å². The molecular weight excluding hydrogens is 460 g/mol. The average Bonchev–Trinajstić information content (AvgIpc) is 3.46. The van der Waals surface area contributed by atoms with E-state index >= 15 is 4.39 Å². The normalized spacial score (nSPS) is 11.7. The molecule has 0 aliphatic heterocycles. The Kier molecular flexibility index (Phi) is 5.26. The predicted octanol–water partition coefficient (Wildman–Crippen LogP) is 5.57. The van der Waals surface area contributed by atoms with Gasteiger partial charge in [0.25, 0.3) is 0 Å². The molecule has 0 aliphatic rings. The lowest BCUT2D eigenvalue weighted by atomic mass is 10.0. The molecule has 178 valence electrons. The zero-order chi connectivity index (χ0) is 24.8. The molecule has 0 unspecified atom stereocenters. The van der Waals surface area contributed by atoms with Gasteiger partial charge in [-0.15, -0.1) is 0 Å². The van der Waals surface area contributed by atoms with E-state index in [0.29, 0.717) is 56.8 Å². The van der Waals surface area contributed by atoms with Crippen LogP contribution in [0.5, 0.6) is 0 Å². The molecule has 0 bridgehead atoms. The molecule has 0 amide bonds. The lowest BCUT2D eigenvalue weighted by Crippen LogP contribution is -2.10. The van der Waals surface area contributed by atoms with Crippen LogP contribution >= 0.6 is 0 Å². The number of hydrogen-bond acceptors (Lipinski definition) is 5. The van der Waals surface area contributed by atoms with Gasteiger partial charge in [-0.25, -0.2) is 18.7 Å². The maximum Gasteiger partial charge on any atom is 0.160 e. The second-order valence-electron chi connectivity index (χ2n) is 8.92. The minimum Gasteiger partial charge on any atom is -0.321 e. The molecule has 6 rings (SSSR count). The zero-order valence-corrected chi connectivity index (χ0v) is 19.5. The Morgan fingerprint density at radius 1 is 0.944 bits per heavy atom. The van der Waals surface area contributed by atoms with Crippen molar-refractivity contribution in [1.29, 1.82) is 0 Å². The van der Waals surface area contributed by atoms with Gasteiger partial charge in [-0.05, 0) is 55.6 Å². The van der Waals surface area contributed by atoms with Crippen molar-refractivity contribution in [2.45, 2.75) is 6.54 Å². The van der Waals surface area contributed by atoms with Gasteiger partial charge in [-0.3, -0.25) is 10.1 Å². The fourth-order valence-corrected chi connectivity index (χ4v) is 4.44. The van der Waals surface area contributed by atoms with Crippen LogP contribution < -0.4 is 0 Å². The maximum absolute atomic E-state index is 15.1. The van der Waals surface area contributed by atoms with E-state index in [-0.39, 0.29) is 11.6 Å². The third-order valence-electron chi connectivity index (χ3n) is 6.00. The first-order valence-corrected chi connectivity index (χ1v) is 11.3. The summed E-state index contributed by atoms with van der Waals surface area (Å²) >= 11 is 0. The molecule has 4 heterocycles. The van der Waals surface area contributed by atoms with E-state index in [1.807, 2.05) is 31.1 Å². The highest BCUT2D eigenvalue weighted by Gasteiger charge is 2.18. The van der Waals surface area contributed by atoms with Gasteiger partial charge in [0.15, 0.2) is 11.5 Å². The van der Waals surface area contributed by atoms with Crippen LogP contribution in [-0.2, 0) is 6.54 Å². The monoisotopic (exact) mass is 481 g/mol. The summed E-state index contributed by atoms with van der Waals surface area (Å²) in [5.41, 5.74) is 5.75. The third-order valence-corrected chi connectivity index (χ3v) is 6.00. The summed E-state index contributed by atoms with van der Waals surface area (Å²) in [6.07, 6.45) is 5.08. The van der Waals surface area contributed by atoms with Gasteiger partial charge >= 0.3 is 0 Å². The van der Waals surface area contributed by atoms with E-state index in [2.05, 4.69) is 25.1 Å². The van der Waals surface area contributed by atoms with Crippen molar-refractivity contribution in [3.8, 4) is 33.8 Å². The second-order valence-corrected chi connectivity index (χ2v) is 8.92. The summed E-state index contributed by atoms with van der Waals surface area (Å²) in [5.74, 6) is -0.226. The number of nitrogens with one attached hydrogen (secondary N) is 2. The third kappa shape index (κ3) is 3.89. The number of fused-ring (bicyclic) bond motifs is 2. The molecule has 9 heteroatoms.